The molecule has 0 spiro atoms. The van der Waals surface area contributed by atoms with Crippen molar-refractivity contribution in [2.45, 2.75) is 13.3 Å². The zero-order valence-electron chi connectivity index (χ0n) is 9.55. The minimum Gasteiger partial charge on any atom is -0.241 e. The van der Waals surface area contributed by atoms with Gasteiger partial charge >= 0.3 is 0 Å². The molecule has 17 heavy (non-hydrogen) atoms. The normalized spacial score (nSPS) is 10.9. The van der Waals surface area contributed by atoms with Crippen molar-refractivity contribution in [1.82, 2.24) is 9.97 Å². The molecule has 0 bridgehead atoms. The standard InChI is InChI=1S/C14H12N2S/c1-2-12-13-11(10-6-4-3-5-7-10)8-17-14(13)16-9-15-12/h3-9H,2H2,1H3. The Bertz CT molecular complexity index is 644. The molecule has 0 N–H and O–H groups in total. The van der Waals surface area contributed by atoms with Gasteiger partial charge in [-0.25, -0.2) is 9.97 Å². The lowest BCUT2D eigenvalue weighted by molar-refractivity contribution is 1.03. The van der Waals surface area contributed by atoms with E-state index in [0.29, 0.717) is 0 Å². The van der Waals surface area contributed by atoms with Crippen LogP contribution in [0, 0.1) is 0 Å². The molecule has 0 saturated heterocycles. The van der Waals surface area contributed by atoms with Gasteiger partial charge in [-0.1, -0.05) is 37.3 Å². The summed E-state index contributed by atoms with van der Waals surface area (Å²) in [7, 11) is 0. The Morgan fingerprint density at radius 2 is 1.94 bits per heavy atom. The molecule has 84 valence electrons. The Labute approximate surface area is 104 Å². The molecule has 0 unspecified atom stereocenters. The number of benzene rings is 1. The number of fused-ring (bicyclic) bond motifs is 1. The molecule has 0 aliphatic heterocycles. The SMILES string of the molecule is CCc1ncnc2scc(-c3ccccc3)c12. The highest BCUT2D eigenvalue weighted by molar-refractivity contribution is 7.17. The quantitative estimate of drug-likeness (QED) is 0.678. The lowest BCUT2D eigenvalue weighted by Gasteiger charge is -2.02. The molecule has 1 aromatic carbocycles. The molecule has 2 heterocycles. The molecule has 2 aromatic heterocycles. The van der Waals surface area contributed by atoms with Crippen LogP contribution >= 0.6 is 11.3 Å². The van der Waals surface area contributed by atoms with Crippen LogP contribution in [0.3, 0.4) is 0 Å². The summed E-state index contributed by atoms with van der Waals surface area (Å²) in [5, 5.41) is 3.39. The second-order valence-electron chi connectivity index (χ2n) is 3.87. The summed E-state index contributed by atoms with van der Waals surface area (Å²) in [5.74, 6) is 0. The van der Waals surface area contributed by atoms with Crippen molar-refractivity contribution in [3.63, 3.8) is 0 Å². The van der Waals surface area contributed by atoms with E-state index in [1.165, 1.54) is 16.5 Å². The first-order valence-electron chi connectivity index (χ1n) is 5.66. The summed E-state index contributed by atoms with van der Waals surface area (Å²) in [6, 6.07) is 10.4. The summed E-state index contributed by atoms with van der Waals surface area (Å²) < 4.78 is 0. The van der Waals surface area contributed by atoms with E-state index >= 15 is 0 Å². The van der Waals surface area contributed by atoms with Gasteiger partial charge in [0.05, 0.1) is 5.69 Å². The number of nitrogens with zero attached hydrogens (tertiary/aromatic N) is 2. The summed E-state index contributed by atoms with van der Waals surface area (Å²) >= 11 is 1.69. The fraction of sp³-hybridized carbons (Fsp3) is 0.143. The van der Waals surface area contributed by atoms with E-state index in [1.54, 1.807) is 17.7 Å². The Morgan fingerprint density at radius 1 is 1.12 bits per heavy atom. The van der Waals surface area contributed by atoms with Crippen molar-refractivity contribution in [3.8, 4) is 11.1 Å². The van der Waals surface area contributed by atoms with Crippen LogP contribution in [0.1, 0.15) is 12.6 Å². The summed E-state index contributed by atoms with van der Waals surface area (Å²) in [4.78, 5) is 9.80. The molecular formula is C14H12N2S. The van der Waals surface area contributed by atoms with Crippen LogP contribution in [-0.2, 0) is 6.42 Å². The van der Waals surface area contributed by atoms with Gasteiger partial charge in [-0.15, -0.1) is 11.3 Å². The number of aryl methyl sites for hydroxylation is 1. The lowest BCUT2D eigenvalue weighted by atomic mass is 10.0. The zero-order chi connectivity index (χ0) is 11.7. The van der Waals surface area contributed by atoms with E-state index in [4.69, 9.17) is 0 Å². The van der Waals surface area contributed by atoms with Gasteiger partial charge in [0.2, 0.25) is 0 Å². The summed E-state index contributed by atoms with van der Waals surface area (Å²) in [5.41, 5.74) is 3.63. The van der Waals surface area contributed by atoms with Crippen molar-refractivity contribution in [2.24, 2.45) is 0 Å². The second-order valence-corrected chi connectivity index (χ2v) is 4.73. The third-order valence-electron chi connectivity index (χ3n) is 2.87. The highest BCUT2D eigenvalue weighted by atomic mass is 32.1. The van der Waals surface area contributed by atoms with Gasteiger partial charge in [0.15, 0.2) is 0 Å². The maximum Gasteiger partial charge on any atom is 0.127 e. The van der Waals surface area contributed by atoms with Gasteiger partial charge in [0, 0.05) is 16.3 Å². The van der Waals surface area contributed by atoms with Crippen LogP contribution in [0.5, 0.6) is 0 Å². The van der Waals surface area contributed by atoms with Crippen LogP contribution in [-0.4, -0.2) is 9.97 Å². The highest BCUT2D eigenvalue weighted by Crippen LogP contribution is 2.34. The van der Waals surface area contributed by atoms with Crippen molar-refractivity contribution in [3.05, 3.63) is 47.7 Å². The molecule has 0 radical (unpaired) electrons. The van der Waals surface area contributed by atoms with Crippen LogP contribution in [0.15, 0.2) is 42.0 Å². The van der Waals surface area contributed by atoms with Crippen molar-refractivity contribution < 1.29 is 0 Å². The molecule has 0 amide bonds. The highest BCUT2D eigenvalue weighted by Gasteiger charge is 2.11. The van der Waals surface area contributed by atoms with Crippen LogP contribution in [0.25, 0.3) is 21.3 Å². The maximum absolute atomic E-state index is 4.38. The fourth-order valence-corrected chi connectivity index (χ4v) is 2.97. The van der Waals surface area contributed by atoms with E-state index in [0.717, 1.165) is 16.9 Å². The minimum absolute atomic E-state index is 0.940. The molecule has 3 rings (SSSR count). The molecule has 0 aliphatic rings. The molecule has 0 saturated carbocycles. The maximum atomic E-state index is 4.38. The van der Waals surface area contributed by atoms with Gasteiger partial charge < -0.3 is 0 Å². The number of hydrogen-bond donors (Lipinski definition) is 0. The van der Waals surface area contributed by atoms with Crippen LogP contribution < -0.4 is 0 Å². The number of thiophene rings is 1. The average Bonchev–Trinajstić information content (AvgIpc) is 2.83. The molecule has 2 nitrogen and oxygen atoms in total. The van der Waals surface area contributed by atoms with Crippen molar-refractivity contribution >= 4 is 21.6 Å². The topological polar surface area (TPSA) is 25.8 Å². The Morgan fingerprint density at radius 3 is 2.71 bits per heavy atom. The van der Waals surface area contributed by atoms with Crippen molar-refractivity contribution in [1.29, 1.82) is 0 Å². The van der Waals surface area contributed by atoms with Crippen LogP contribution in [0.2, 0.25) is 0 Å². The van der Waals surface area contributed by atoms with Crippen LogP contribution in [0.4, 0.5) is 0 Å². The minimum atomic E-state index is 0.940. The Balaban J connectivity index is 2.31. The molecule has 3 heteroatoms. The van der Waals surface area contributed by atoms with E-state index in [2.05, 4.69) is 46.5 Å². The number of rotatable bonds is 2. The molecular weight excluding hydrogens is 228 g/mol. The summed E-state index contributed by atoms with van der Waals surface area (Å²) in [6.07, 6.45) is 2.60. The predicted octanol–water partition coefficient (Wildman–Crippen LogP) is 3.92. The monoisotopic (exact) mass is 240 g/mol. The van der Waals surface area contributed by atoms with E-state index in [9.17, 15) is 0 Å². The molecule has 3 aromatic rings. The predicted molar refractivity (Wildman–Crippen MR) is 72.2 cm³/mol. The van der Waals surface area contributed by atoms with E-state index < -0.39 is 0 Å². The lowest BCUT2D eigenvalue weighted by Crippen LogP contribution is -1.89. The Hall–Kier alpha value is -1.74. The first-order valence-corrected chi connectivity index (χ1v) is 6.54. The van der Waals surface area contributed by atoms with Gasteiger partial charge in [-0.05, 0) is 12.0 Å². The first-order chi connectivity index (χ1) is 8.40. The van der Waals surface area contributed by atoms with Gasteiger partial charge in [-0.3, -0.25) is 0 Å². The van der Waals surface area contributed by atoms with Gasteiger partial charge in [0.25, 0.3) is 0 Å². The average molecular weight is 240 g/mol. The number of aromatic nitrogens is 2. The third-order valence-corrected chi connectivity index (χ3v) is 3.75. The number of hydrogen-bond acceptors (Lipinski definition) is 3. The van der Waals surface area contributed by atoms with Gasteiger partial charge in [0.1, 0.15) is 11.2 Å². The van der Waals surface area contributed by atoms with E-state index in [1.807, 2.05) is 6.07 Å². The summed E-state index contributed by atoms with van der Waals surface area (Å²) in [6.45, 7) is 2.13. The third kappa shape index (κ3) is 1.72. The second kappa shape index (κ2) is 4.26. The van der Waals surface area contributed by atoms with Gasteiger partial charge in [-0.2, -0.15) is 0 Å². The molecule has 0 aliphatic carbocycles. The Kier molecular flexibility index (Phi) is 2.61. The first kappa shape index (κ1) is 10.4. The van der Waals surface area contributed by atoms with E-state index in [-0.39, 0.29) is 0 Å². The molecule has 0 fully saturated rings. The zero-order valence-corrected chi connectivity index (χ0v) is 10.4. The molecule has 0 atom stereocenters. The smallest absolute Gasteiger partial charge is 0.127 e. The van der Waals surface area contributed by atoms with Crippen molar-refractivity contribution in [2.75, 3.05) is 0 Å². The largest absolute Gasteiger partial charge is 0.241 e. The fourth-order valence-electron chi connectivity index (χ4n) is 2.04.